The summed E-state index contributed by atoms with van der Waals surface area (Å²) in [5.41, 5.74) is 0.330. The molecular weight excluding hydrogens is 757 g/mol. The van der Waals surface area contributed by atoms with Crippen molar-refractivity contribution in [2.75, 3.05) is 11.5 Å². The smallest absolute Gasteiger partial charge is 0.402 e. The zero-order chi connectivity index (χ0) is 22.5. The van der Waals surface area contributed by atoms with Crippen molar-refractivity contribution in [2.24, 2.45) is 0 Å². The van der Waals surface area contributed by atoms with Crippen LogP contribution in [0.2, 0.25) is 0 Å². The lowest BCUT2D eigenvalue weighted by atomic mass is 10.2. The van der Waals surface area contributed by atoms with Gasteiger partial charge in [-0.3, -0.25) is 14.1 Å². The number of halogens is 5. The van der Waals surface area contributed by atoms with Gasteiger partial charge in [0, 0.05) is 18.3 Å². The molecular formula is C15H10F2I3NO7S. The summed E-state index contributed by atoms with van der Waals surface area (Å²) in [4.78, 5) is 38.3. The van der Waals surface area contributed by atoms with Crippen molar-refractivity contribution in [1.29, 1.82) is 0 Å². The second-order valence-corrected chi connectivity index (χ2v) is 10.7. The summed E-state index contributed by atoms with van der Waals surface area (Å²) in [6.45, 7) is 1.06. The van der Waals surface area contributed by atoms with Gasteiger partial charge in [-0.15, -0.1) is 0 Å². The first-order chi connectivity index (χ1) is 13.1. The van der Waals surface area contributed by atoms with Crippen LogP contribution >= 0.6 is 67.8 Å². The lowest BCUT2D eigenvalue weighted by molar-refractivity contribution is -0.120. The summed E-state index contributed by atoms with van der Waals surface area (Å²) < 4.78 is 61.8. The number of carbonyl (C=O) groups excluding carboxylic acids is 3. The number of anilines is 1. The van der Waals surface area contributed by atoms with Crippen molar-refractivity contribution in [1.82, 2.24) is 0 Å². The Hall–Kier alpha value is -0.470. The van der Waals surface area contributed by atoms with Crippen LogP contribution in [0.25, 0.3) is 0 Å². The average molecular weight is 767 g/mol. The fourth-order valence-electron chi connectivity index (χ4n) is 2.22. The quantitative estimate of drug-likeness (QED) is 0.212. The number of hydrogen-bond donors (Lipinski definition) is 1. The van der Waals surface area contributed by atoms with Crippen molar-refractivity contribution in [3.63, 3.8) is 0 Å². The Morgan fingerprint density at radius 1 is 1.14 bits per heavy atom. The minimum absolute atomic E-state index is 0.0864. The van der Waals surface area contributed by atoms with Gasteiger partial charge in [-0.2, -0.15) is 17.2 Å². The largest absolute Gasteiger partial charge is 0.454 e. The van der Waals surface area contributed by atoms with E-state index in [1.807, 2.05) is 22.6 Å². The molecule has 1 aliphatic heterocycles. The summed E-state index contributed by atoms with van der Waals surface area (Å²) in [6, 6.07) is 1.44. The van der Waals surface area contributed by atoms with Crippen LogP contribution < -0.4 is 4.90 Å². The number of nitrogens with zero attached hydrogens (tertiary/aromatic N) is 1. The van der Waals surface area contributed by atoms with E-state index in [-0.39, 0.29) is 29.5 Å². The molecule has 1 heterocycles. The highest BCUT2D eigenvalue weighted by Crippen LogP contribution is 2.38. The summed E-state index contributed by atoms with van der Waals surface area (Å²) in [7, 11) is -5.77. The van der Waals surface area contributed by atoms with Crippen molar-refractivity contribution >= 4 is 101 Å². The zero-order valence-electron chi connectivity index (χ0n) is 14.4. The van der Waals surface area contributed by atoms with Crippen LogP contribution in [0.1, 0.15) is 24.2 Å². The van der Waals surface area contributed by atoms with E-state index in [0.29, 0.717) is 3.57 Å². The van der Waals surface area contributed by atoms with Crippen molar-refractivity contribution in [3.8, 4) is 0 Å². The van der Waals surface area contributed by atoms with Crippen molar-refractivity contribution < 1.29 is 40.9 Å². The predicted molar refractivity (Wildman–Crippen MR) is 122 cm³/mol. The van der Waals surface area contributed by atoms with Crippen LogP contribution in [0.3, 0.4) is 0 Å². The highest BCUT2D eigenvalue weighted by molar-refractivity contribution is 14.1. The molecule has 0 aromatic heterocycles. The van der Waals surface area contributed by atoms with Gasteiger partial charge in [0.15, 0.2) is 6.61 Å². The maximum atomic E-state index is 13.4. The minimum atomic E-state index is -5.77. The Labute approximate surface area is 204 Å². The lowest BCUT2D eigenvalue weighted by Crippen LogP contribution is -2.35. The van der Waals surface area contributed by atoms with Gasteiger partial charge in [0.25, 0.3) is 11.8 Å². The number of amides is 2. The van der Waals surface area contributed by atoms with Gasteiger partial charge >= 0.3 is 21.3 Å². The lowest BCUT2D eigenvalue weighted by Gasteiger charge is -2.21. The first-order valence-electron chi connectivity index (χ1n) is 7.37. The Morgan fingerprint density at radius 3 is 2.07 bits per heavy atom. The third-order valence-electron chi connectivity index (χ3n) is 3.93. The van der Waals surface area contributed by atoms with Crippen molar-refractivity contribution in [2.45, 2.75) is 19.1 Å². The highest BCUT2D eigenvalue weighted by Gasteiger charge is 2.46. The fraction of sp³-hybridized carbons (Fsp3) is 0.267. The molecule has 8 nitrogen and oxygen atoms in total. The number of rotatable bonds is 5. The van der Waals surface area contributed by atoms with Crippen LogP contribution in [-0.2, 0) is 24.4 Å². The van der Waals surface area contributed by atoms with E-state index in [4.69, 9.17) is 4.55 Å². The number of carbonyl (C=O) groups is 3. The van der Waals surface area contributed by atoms with Gasteiger partial charge in [0.2, 0.25) is 0 Å². The van der Waals surface area contributed by atoms with E-state index in [0.717, 1.165) is 4.90 Å². The molecule has 0 saturated carbocycles. The second kappa shape index (κ2) is 8.58. The molecule has 0 bridgehead atoms. The topological polar surface area (TPSA) is 118 Å². The van der Waals surface area contributed by atoms with Crippen LogP contribution in [0.4, 0.5) is 14.5 Å². The summed E-state index contributed by atoms with van der Waals surface area (Å²) >= 11 is 5.28. The number of esters is 1. The van der Waals surface area contributed by atoms with Crippen LogP contribution in [0.15, 0.2) is 17.2 Å². The first kappa shape index (κ1) is 24.8. The molecule has 0 fully saturated rings. The van der Waals surface area contributed by atoms with Gasteiger partial charge in [-0.1, -0.05) is 0 Å². The Kier molecular flexibility index (Phi) is 7.33. The highest BCUT2D eigenvalue weighted by atomic mass is 127. The Balaban J connectivity index is 2.49. The molecule has 1 N–H and O–H groups in total. The number of hydrogen-bond acceptors (Lipinski definition) is 6. The summed E-state index contributed by atoms with van der Waals surface area (Å²) in [6.07, 6.45) is 0. The molecule has 2 amide bonds. The third-order valence-corrected chi connectivity index (χ3v) is 7.53. The normalized spacial score (nSPS) is 15.4. The monoisotopic (exact) mass is 767 g/mol. The molecule has 0 radical (unpaired) electrons. The SMILES string of the molecule is CC1=C(C)C(=O)N(c2c(I)cc(I)c(C(=O)OCC(F)(F)S(=O)(=O)O)c2I)C1=O. The van der Waals surface area contributed by atoms with Crippen LogP contribution in [-0.4, -0.2) is 42.6 Å². The van der Waals surface area contributed by atoms with E-state index in [2.05, 4.69) is 4.74 Å². The second-order valence-electron chi connectivity index (χ2n) is 5.76. The van der Waals surface area contributed by atoms with E-state index < -0.39 is 39.8 Å². The van der Waals surface area contributed by atoms with E-state index in [9.17, 15) is 31.6 Å². The molecule has 0 saturated heterocycles. The number of benzene rings is 1. The molecule has 2 rings (SSSR count). The maximum absolute atomic E-state index is 13.4. The number of ether oxygens (including phenoxy) is 1. The molecule has 1 aromatic carbocycles. The van der Waals surface area contributed by atoms with Gasteiger partial charge < -0.3 is 4.74 Å². The van der Waals surface area contributed by atoms with Gasteiger partial charge in [-0.25, -0.2) is 9.69 Å². The molecule has 14 heteroatoms. The van der Waals surface area contributed by atoms with Gasteiger partial charge in [-0.05, 0) is 87.7 Å². The maximum Gasteiger partial charge on any atom is 0.402 e. The molecule has 1 aromatic rings. The molecule has 1 aliphatic rings. The first-order valence-corrected chi connectivity index (χ1v) is 12.0. The third kappa shape index (κ3) is 4.59. The standard InChI is InChI=1S/C15H10F2I3NO7S/c1-5-6(2)13(23)21(12(5)22)11-8(19)3-7(18)9(10(11)20)14(24)28-4-15(16,17)29(25,26)27/h3H,4H2,1-2H3,(H,25,26,27). The Morgan fingerprint density at radius 2 is 1.62 bits per heavy atom. The van der Waals surface area contributed by atoms with Gasteiger partial charge in [0.1, 0.15) is 0 Å². The van der Waals surface area contributed by atoms with E-state index in [1.54, 1.807) is 45.2 Å². The van der Waals surface area contributed by atoms with E-state index in [1.165, 1.54) is 19.9 Å². The molecule has 29 heavy (non-hydrogen) atoms. The van der Waals surface area contributed by atoms with Crippen LogP contribution in [0.5, 0.6) is 0 Å². The summed E-state index contributed by atoms with van der Waals surface area (Å²) in [5.74, 6) is -2.47. The fourth-order valence-corrected chi connectivity index (χ4v) is 6.72. The Bertz CT molecular complexity index is 1060. The van der Waals surface area contributed by atoms with Gasteiger partial charge in [0.05, 0.1) is 14.8 Å². The molecule has 0 atom stereocenters. The summed E-state index contributed by atoms with van der Waals surface area (Å²) in [5, 5.41) is -4.69. The number of alkyl halides is 2. The predicted octanol–water partition coefficient (Wildman–Crippen LogP) is 3.35. The van der Waals surface area contributed by atoms with E-state index >= 15 is 0 Å². The molecule has 0 spiro atoms. The van der Waals surface area contributed by atoms with Crippen LogP contribution in [0, 0.1) is 10.7 Å². The number of imide groups is 1. The average Bonchev–Trinajstić information content (AvgIpc) is 2.76. The van der Waals surface area contributed by atoms with Crippen molar-refractivity contribution in [3.05, 3.63) is 33.5 Å². The molecule has 0 unspecified atom stereocenters. The zero-order valence-corrected chi connectivity index (χ0v) is 21.7. The molecule has 0 aliphatic carbocycles. The minimum Gasteiger partial charge on any atom is -0.454 e. The molecule has 158 valence electrons.